The minimum absolute atomic E-state index is 0.0434. The second kappa shape index (κ2) is 6.96. The third-order valence-corrected chi connectivity index (χ3v) is 11.3. The van der Waals surface area contributed by atoms with E-state index in [1.165, 1.54) is 57.8 Å². The minimum atomic E-state index is -0.124. The third-order valence-electron chi connectivity index (χ3n) is 11.3. The SMILES string of the molecule is CC(C)CCC[C@@H](C)[C@H]1CC[C@H]2[C@@H]3C[C@@H]4O[C@]45C[C@@H](O)CC[C@]5(C)[C@H]3CC[C@]12C. The van der Waals surface area contributed by atoms with Gasteiger partial charge in [0.15, 0.2) is 0 Å². The van der Waals surface area contributed by atoms with Gasteiger partial charge in [0, 0.05) is 11.8 Å². The lowest BCUT2D eigenvalue weighted by atomic mass is 9.44. The molecule has 2 heteroatoms. The molecule has 5 aliphatic rings. The molecule has 1 heterocycles. The lowest BCUT2D eigenvalue weighted by molar-refractivity contribution is -0.116. The molecule has 0 unspecified atom stereocenters. The summed E-state index contributed by atoms with van der Waals surface area (Å²) < 4.78 is 6.51. The van der Waals surface area contributed by atoms with Gasteiger partial charge < -0.3 is 9.84 Å². The van der Waals surface area contributed by atoms with Crippen LogP contribution in [0.2, 0.25) is 0 Å². The van der Waals surface area contributed by atoms with Crippen molar-refractivity contribution in [2.75, 3.05) is 0 Å². The van der Waals surface area contributed by atoms with Gasteiger partial charge in [-0.25, -0.2) is 0 Å². The standard InChI is InChI=1S/C27H46O2/c1-17(2)7-6-8-18(3)21-9-10-22-20-15-24-27(29-24)16-19(28)11-14-26(27,5)23(20)12-13-25(21,22)4/h17-24,28H,6-16H2,1-5H3/t18-,19+,20+,21-,22+,23+,24+,25-,26-,27-/m1/s1. The van der Waals surface area contributed by atoms with Gasteiger partial charge in [0.05, 0.1) is 12.2 Å². The first-order valence-corrected chi connectivity index (χ1v) is 13.1. The van der Waals surface area contributed by atoms with Gasteiger partial charge in [-0.15, -0.1) is 0 Å². The quantitative estimate of drug-likeness (QED) is 0.525. The van der Waals surface area contributed by atoms with Crippen LogP contribution in [0.25, 0.3) is 0 Å². The van der Waals surface area contributed by atoms with Crippen LogP contribution in [0.1, 0.15) is 105 Å². The maximum Gasteiger partial charge on any atom is 0.103 e. The third kappa shape index (κ3) is 2.94. The molecule has 0 amide bonds. The van der Waals surface area contributed by atoms with Crippen molar-refractivity contribution in [1.29, 1.82) is 0 Å². The molecule has 5 fully saturated rings. The van der Waals surface area contributed by atoms with E-state index < -0.39 is 0 Å². The molecular weight excluding hydrogens is 356 g/mol. The second-order valence-corrected chi connectivity index (χ2v) is 13.0. The molecule has 1 spiro atoms. The fourth-order valence-corrected chi connectivity index (χ4v) is 9.68. The zero-order valence-corrected chi connectivity index (χ0v) is 19.8. The normalized spacial score (nSPS) is 54.3. The maximum atomic E-state index is 10.4. The monoisotopic (exact) mass is 402 g/mol. The fraction of sp³-hybridized carbons (Fsp3) is 1.00. The molecule has 0 aromatic carbocycles. The summed E-state index contributed by atoms with van der Waals surface area (Å²) in [6.45, 7) is 12.6. The van der Waals surface area contributed by atoms with Crippen molar-refractivity contribution in [2.45, 2.75) is 123 Å². The topological polar surface area (TPSA) is 32.8 Å². The number of ether oxygens (including phenoxy) is 1. The Bertz CT molecular complexity index is 630. The molecule has 166 valence electrons. The van der Waals surface area contributed by atoms with Gasteiger partial charge in [-0.2, -0.15) is 0 Å². The Hall–Kier alpha value is -0.0800. The molecule has 5 rings (SSSR count). The molecule has 1 saturated heterocycles. The van der Waals surface area contributed by atoms with Gasteiger partial charge in [-0.05, 0) is 85.9 Å². The molecule has 0 aromatic heterocycles. The Balaban J connectivity index is 1.33. The second-order valence-electron chi connectivity index (χ2n) is 13.0. The Morgan fingerprint density at radius 3 is 2.52 bits per heavy atom. The smallest absolute Gasteiger partial charge is 0.103 e. The molecule has 0 radical (unpaired) electrons. The summed E-state index contributed by atoms with van der Waals surface area (Å²) in [4.78, 5) is 0. The largest absolute Gasteiger partial charge is 0.393 e. The van der Waals surface area contributed by atoms with E-state index in [0.717, 1.165) is 48.3 Å². The van der Waals surface area contributed by atoms with Crippen LogP contribution in [0.15, 0.2) is 0 Å². The van der Waals surface area contributed by atoms with Gasteiger partial charge in [-0.1, -0.05) is 53.9 Å². The van der Waals surface area contributed by atoms with Crippen LogP contribution in [0.3, 0.4) is 0 Å². The van der Waals surface area contributed by atoms with E-state index in [1.54, 1.807) is 0 Å². The van der Waals surface area contributed by atoms with Crippen molar-refractivity contribution in [3.05, 3.63) is 0 Å². The Labute approximate surface area is 179 Å². The van der Waals surface area contributed by atoms with E-state index in [1.807, 2.05) is 0 Å². The van der Waals surface area contributed by atoms with Gasteiger partial charge in [0.1, 0.15) is 5.60 Å². The summed E-state index contributed by atoms with van der Waals surface area (Å²) in [5.41, 5.74) is 0.932. The summed E-state index contributed by atoms with van der Waals surface area (Å²) in [6.07, 6.45) is 14.8. The van der Waals surface area contributed by atoms with Crippen molar-refractivity contribution >= 4 is 0 Å². The van der Waals surface area contributed by atoms with E-state index in [4.69, 9.17) is 4.74 Å². The van der Waals surface area contributed by atoms with Gasteiger partial charge >= 0.3 is 0 Å². The zero-order valence-electron chi connectivity index (χ0n) is 19.8. The molecular formula is C27H46O2. The maximum absolute atomic E-state index is 10.4. The molecule has 0 bridgehead atoms. The van der Waals surface area contributed by atoms with E-state index in [9.17, 15) is 5.11 Å². The zero-order chi connectivity index (χ0) is 20.6. The van der Waals surface area contributed by atoms with E-state index in [-0.39, 0.29) is 11.7 Å². The van der Waals surface area contributed by atoms with Crippen LogP contribution in [0, 0.1) is 46.3 Å². The average Bonchev–Trinajstić information content (AvgIpc) is 3.22. The average molecular weight is 403 g/mol. The van der Waals surface area contributed by atoms with Crippen LogP contribution in [0.4, 0.5) is 0 Å². The number of aliphatic hydroxyl groups excluding tert-OH is 1. The van der Waals surface area contributed by atoms with Crippen LogP contribution in [-0.4, -0.2) is 22.9 Å². The first-order chi connectivity index (χ1) is 13.7. The van der Waals surface area contributed by atoms with E-state index in [0.29, 0.717) is 16.9 Å². The first kappa shape index (κ1) is 20.8. The predicted octanol–water partition coefficient (Wildman–Crippen LogP) is 6.60. The first-order valence-electron chi connectivity index (χ1n) is 13.1. The minimum Gasteiger partial charge on any atom is -0.393 e. The van der Waals surface area contributed by atoms with Crippen LogP contribution >= 0.6 is 0 Å². The van der Waals surface area contributed by atoms with E-state index >= 15 is 0 Å². The molecule has 2 nitrogen and oxygen atoms in total. The van der Waals surface area contributed by atoms with Crippen molar-refractivity contribution < 1.29 is 9.84 Å². The van der Waals surface area contributed by atoms with Gasteiger partial charge in [0.25, 0.3) is 0 Å². The summed E-state index contributed by atoms with van der Waals surface area (Å²) in [5.74, 6) is 5.31. The molecule has 0 aromatic rings. The summed E-state index contributed by atoms with van der Waals surface area (Å²) in [5, 5.41) is 10.4. The number of epoxide rings is 1. The molecule has 4 aliphatic carbocycles. The Morgan fingerprint density at radius 2 is 1.76 bits per heavy atom. The lowest BCUT2D eigenvalue weighted by Crippen LogP contribution is -2.58. The Kier molecular flexibility index (Phi) is 4.99. The van der Waals surface area contributed by atoms with Crippen molar-refractivity contribution in [3.8, 4) is 0 Å². The highest BCUT2D eigenvalue weighted by Crippen LogP contribution is 2.74. The summed E-state index contributed by atoms with van der Waals surface area (Å²) in [7, 11) is 0. The lowest BCUT2D eigenvalue weighted by Gasteiger charge is -2.59. The number of aliphatic hydroxyl groups is 1. The molecule has 1 N–H and O–H groups in total. The van der Waals surface area contributed by atoms with E-state index in [2.05, 4.69) is 34.6 Å². The number of rotatable bonds is 5. The van der Waals surface area contributed by atoms with Crippen molar-refractivity contribution in [3.63, 3.8) is 0 Å². The highest BCUT2D eigenvalue weighted by molar-refractivity contribution is 5.24. The van der Waals surface area contributed by atoms with Crippen LogP contribution < -0.4 is 0 Å². The molecule has 4 saturated carbocycles. The number of fused-ring (bicyclic) bond motifs is 4. The highest BCUT2D eigenvalue weighted by Gasteiger charge is 2.76. The predicted molar refractivity (Wildman–Crippen MR) is 119 cm³/mol. The fourth-order valence-electron chi connectivity index (χ4n) is 9.68. The highest BCUT2D eigenvalue weighted by atomic mass is 16.6. The van der Waals surface area contributed by atoms with Crippen LogP contribution in [0.5, 0.6) is 0 Å². The van der Waals surface area contributed by atoms with Crippen molar-refractivity contribution in [2.24, 2.45) is 46.3 Å². The summed E-state index contributed by atoms with van der Waals surface area (Å²) in [6, 6.07) is 0. The van der Waals surface area contributed by atoms with Gasteiger partial charge in [0.2, 0.25) is 0 Å². The molecule has 10 atom stereocenters. The van der Waals surface area contributed by atoms with Crippen LogP contribution in [-0.2, 0) is 4.74 Å². The van der Waals surface area contributed by atoms with Gasteiger partial charge in [-0.3, -0.25) is 0 Å². The Morgan fingerprint density at radius 1 is 0.966 bits per heavy atom. The number of hydrogen-bond donors (Lipinski definition) is 1. The molecule has 29 heavy (non-hydrogen) atoms. The molecule has 1 aliphatic heterocycles. The summed E-state index contributed by atoms with van der Waals surface area (Å²) >= 11 is 0. The number of hydrogen-bond acceptors (Lipinski definition) is 2. The van der Waals surface area contributed by atoms with Crippen molar-refractivity contribution in [1.82, 2.24) is 0 Å².